The van der Waals surface area contributed by atoms with Crippen molar-refractivity contribution in [2.75, 3.05) is 5.32 Å². The standard InChI is InChI=1S/C13H11BrN2OS/c1-9-15-12(8-18-9)5-6-13(17)16-11-4-2-3-10(14)7-11/h2-8H,1H3,(H,16,17)/b6-5+. The molecule has 92 valence electrons. The molecule has 0 aliphatic carbocycles. The Balaban J connectivity index is 1.98. The summed E-state index contributed by atoms with van der Waals surface area (Å²) in [5, 5.41) is 5.68. The summed E-state index contributed by atoms with van der Waals surface area (Å²) in [6.45, 7) is 1.93. The van der Waals surface area contributed by atoms with Crippen LogP contribution in [0.5, 0.6) is 0 Å². The van der Waals surface area contributed by atoms with Gasteiger partial charge >= 0.3 is 0 Å². The van der Waals surface area contributed by atoms with Crippen molar-refractivity contribution in [1.82, 2.24) is 4.98 Å². The molecule has 0 unspecified atom stereocenters. The summed E-state index contributed by atoms with van der Waals surface area (Å²) in [5.74, 6) is -0.168. The summed E-state index contributed by atoms with van der Waals surface area (Å²) >= 11 is 4.91. The number of nitrogens with one attached hydrogen (secondary N) is 1. The van der Waals surface area contributed by atoms with Crippen LogP contribution < -0.4 is 5.32 Å². The van der Waals surface area contributed by atoms with Crippen molar-refractivity contribution >= 4 is 44.9 Å². The molecule has 0 aliphatic rings. The molecule has 0 atom stereocenters. The summed E-state index contributed by atoms with van der Waals surface area (Å²) in [5.41, 5.74) is 1.57. The molecule has 1 aromatic heterocycles. The zero-order valence-electron chi connectivity index (χ0n) is 9.68. The number of rotatable bonds is 3. The van der Waals surface area contributed by atoms with Gasteiger partial charge in [0.2, 0.25) is 5.91 Å². The maximum atomic E-state index is 11.7. The molecule has 1 aromatic carbocycles. The summed E-state index contributed by atoms with van der Waals surface area (Å²) in [7, 11) is 0. The zero-order chi connectivity index (χ0) is 13.0. The van der Waals surface area contributed by atoms with Gasteiger partial charge in [-0.25, -0.2) is 4.98 Å². The van der Waals surface area contributed by atoms with E-state index >= 15 is 0 Å². The lowest BCUT2D eigenvalue weighted by Crippen LogP contribution is -2.07. The van der Waals surface area contributed by atoms with Crippen molar-refractivity contribution in [2.24, 2.45) is 0 Å². The Morgan fingerprint density at radius 2 is 2.33 bits per heavy atom. The Morgan fingerprint density at radius 1 is 1.50 bits per heavy atom. The fourth-order valence-corrected chi connectivity index (χ4v) is 2.35. The predicted octanol–water partition coefficient (Wildman–Crippen LogP) is 3.87. The number of aryl methyl sites for hydroxylation is 1. The average molecular weight is 323 g/mol. The number of benzene rings is 1. The lowest BCUT2D eigenvalue weighted by atomic mass is 10.3. The van der Waals surface area contributed by atoms with Crippen LogP contribution in [0, 0.1) is 6.92 Å². The van der Waals surface area contributed by atoms with Gasteiger partial charge in [-0.15, -0.1) is 11.3 Å². The Bertz CT molecular complexity index is 592. The number of amides is 1. The van der Waals surface area contributed by atoms with Crippen molar-refractivity contribution in [3.63, 3.8) is 0 Å². The van der Waals surface area contributed by atoms with Gasteiger partial charge in [-0.2, -0.15) is 0 Å². The molecule has 1 amide bonds. The van der Waals surface area contributed by atoms with Crippen molar-refractivity contribution in [2.45, 2.75) is 6.92 Å². The normalized spacial score (nSPS) is 10.8. The molecule has 3 nitrogen and oxygen atoms in total. The highest BCUT2D eigenvalue weighted by atomic mass is 79.9. The van der Waals surface area contributed by atoms with Crippen LogP contribution >= 0.6 is 27.3 Å². The van der Waals surface area contributed by atoms with Gasteiger partial charge in [0.25, 0.3) is 0 Å². The summed E-state index contributed by atoms with van der Waals surface area (Å²) < 4.78 is 0.930. The van der Waals surface area contributed by atoms with Crippen molar-refractivity contribution in [3.8, 4) is 0 Å². The van der Waals surface area contributed by atoms with Gasteiger partial charge in [-0.3, -0.25) is 4.79 Å². The minimum Gasteiger partial charge on any atom is -0.322 e. The van der Waals surface area contributed by atoms with E-state index in [2.05, 4.69) is 26.2 Å². The first-order chi connectivity index (χ1) is 8.63. The van der Waals surface area contributed by atoms with Gasteiger partial charge in [0, 0.05) is 21.6 Å². The molecule has 0 spiro atoms. The number of halogens is 1. The third-order valence-electron chi connectivity index (χ3n) is 2.13. The van der Waals surface area contributed by atoms with Gasteiger partial charge < -0.3 is 5.32 Å². The second-order valence-electron chi connectivity index (χ2n) is 3.62. The SMILES string of the molecule is Cc1nc(/C=C/C(=O)Nc2cccc(Br)c2)cs1. The zero-order valence-corrected chi connectivity index (χ0v) is 12.1. The molecule has 0 bridgehead atoms. The van der Waals surface area contributed by atoms with E-state index in [9.17, 15) is 4.79 Å². The van der Waals surface area contributed by atoms with Gasteiger partial charge in [-0.1, -0.05) is 22.0 Å². The van der Waals surface area contributed by atoms with Gasteiger partial charge in [0.15, 0.2) is 0 Å². The molecule has 2 aromatic rings. The maximum absolute atomic E-state index is 11.7. The summed E-state index contributed by atoms with van der Waals surface area (Å²) in [4.78, 5) is 15.9. The smallest absolute Gasteiger partial charge is 0.248 e. The van der Waals surface area contributed by atoms with Crippen molar-refractivity contribution in [1.29, 1.82) is 0 Å². The molecular formula is C13H11BrN2OS. The highest BCUT2D eigenvalue weighted by molar-refractivity contribution is 9.10. The largest absolute Gasteiger partial charge is 0.322 e. The molecular weight excluding hydrogens is 312 g/mol. The summed E-state index contributed by atoms with van der Waals surface area (Å²) in [6.07, 6.45) is 3.19. The van der Waals surface area contributed by atoms with E-state index in [-0.39, 0.29) is 5.91 Å². The number of nitrogens with zero attached hydrogens (tertiary/aromatic N) is 1. The molecule has 1 N–H and O–H groups in total. The number of carbonyl (C=O) groups is 1. The lowest BCUT2D eigenvalue weighted by Gasteiger charge is -2.01. The molecule has 0 fully saturated rings. The first-order valence-corrected chi connectivity index (χ1v) is 6.97. The Labute approximate surface area is 118 Å². The number of hydrogen-bond donors (Lipinski definition) is 1. The fourth-order valence-electron chi connectivity index (χ4n) is 1.37. The number of hydrogen-bond acceptors (Lipinski definition) is 3. The minimum atomic E-state index is -0.168. The van der Waals surface area contributed by atoms with Gasteiger partial charge in [0.05, 0.1) is 10.7 Å². The monoisotopic (exact) mass is 322 g/mol. The number of anilines is 1. The number of thiazole rings is 1. The van der Waals surface area contributed by atoms with Crippen LogP contribution in [0.2, 0.25) is 0 Å². The second-order valence-corrected chi connectivity index (χ2v) is 5.60. The Hall–Kier alpha value is -1.46. The molecule has 0 saturated heterocycles. The van der Waals surface area contributed by atoms with Crippen LogP contribution in [0.4, 0.5) is 5.69 Å². The third-order valence-corrected chi connectivity index (χ3v) is 3.42. The average Bonchev–Trinajstić information content (AvgIpc) is 2.73. The Kier molecular flexibility index (Phi) is 4.28. The fraction of sp³-hybridized carbons (Fsp3) is 0.0769. The van der Waals surface area contributed by atoms with E-state index in [0.717, 1.165) is 20.9 Å². The Morgan fingerprint density at radius 3 is 3.00 bits per heavy atom. The van der Waals surface area contributed by atoms with Crippen molar-refractivity contribution < 1.29 is 4.79 Å². The van der Waals surface area contributed by atoms with E-state index in [0.29, 0.717) is 0 Å². The summed E-state index contributed by atoms with van der Waals surface area (Å²) in [6, 6.07) is 7.46. The van der Waals surface area contributed by atoms with Crippen LogP contribution in [0.15, 0.2) is 40.2 Å². The van der Waals surface area contributed by atoms with Crippen LogP contribution in [-0.4, -0.2) is 10.9 Å². The van der Waals surface area contributed by atoms with Gasteiger partial charge in [-0.05, 0) is 31.2 Å². The van der Waals surface area contributed by atoms with E-state index < -0.39 is 0 Å². The number of carbonyl (C=O) groups excluding carboxylic acids is 1. The molecule has 18 heavy (non-hydrogen) atoms. The first kappa shape index (κ1) is 13.0. The number of aromatic nitrogens is 1. The van der Waals surface area contributed by atoms with E-state index in [1.54, 1.807) is 17.4 Å². The van der Waals surface area contributed by atoms with E-state index in [4.69, 9.17) is 0 Å². The van der Waals surface area contributed by atoms with Crippen molar-refractivity contribution in [3.05, 3.63) is 50.9 Å². The van der Waals surface area contributed by atoms with Crippen LogP contribution in [0.25, 0.3) is 6.08 Å². The second kappa shape index (κ2) is 5.93. The quantitative estimate of drug-likeness (QED) is 0.872. The van der Waals surface area contributed by atoms with Gasteiger partial charge in [0.1, 0.15) is 0 Å². The molecule has 0 radical (unpaired) electrons. The van der Waals surface area contributed by atoms with E-state index in [1.807, 2.05) is 36.6 Å². The first-order valence-electron chi connectivity index (χ1n) is 5.30. The highest BCUT2D eigenvalue weighted by Crippen LogP contribution is 2.15. The van der Waals surface area contributed by atoms with E-state index in [1.165, 1.54) is 6.08 Å². The predicted molar refractivity (Wildman–Crippen MR) is 78.7 cm³/mol. The lowest BCUT2D eigenvalue weighted by molar-refractivity contribution is -0.111. The molecule has 1 heterocycles. The molecule has 0 aliphatic heterocycles. The minimum absolute atomic E-state index is 0.168. The highest BCUT2D eigenvalue weighted by Gasteiger charge is 1.99. The molecule has 2 rings (SSSR count). The van der Waals surface area contributed by atoms with Crippen LogP contribution in [-0.2, 0) is 4.79 Å². The molecule has 0 saturated carbocycles. The third kappa shape index (κ3) is 3.78. The molecule has 5 heteroatoms. The van der Waals surface area contributed by atoms with Crippen LogP contribution in [0.1, 0.15) is 10.7 Å². The topological polar surface area (TPSA) is 42.0 Å². The van der Waals surface area contributed by atoms with Crippen LogP contribution in [0.3, 0.4) is 0 Å². The maximum Gasteiger partial charge on any atom is 0.248 e.